The van der Waals surface area contributed by atoms with Crippen LogP contribution in [0.2, 0.25) is 0 Å². The average molecular weight is 265 g/mol. The predicted octanol–water partition coefficient (Wildman–Crippen LogP) is 4.38. The summed E-state index contributed by atoms with van der Waals surface area (Å²) in [7, 11) is 1.67. The minimum Gasteiger partial charge on any atom is -0.497 e. The first-order valence-corrected chi connectivity index (χ1v) is 6.57. The maximum Gasteiger partial charge on any atom is 0.119 e. The molecule has 0 aliphatic heterocycles. The standard InChI is InChI=1S/C18H19NO/c1-15(8-9-16-6-4-3-5-7-16)14-19-17-10-12-18(20-2)13-11-17/h3-13,19H,1,14H2,2H3. The van der Waals surface area contributed by atoms with Crippen LogP contribution in [0.25, 0.3) is 6.08 Å². The number of hydrogen-bond donors (Lipinski definition) is 1. The third kappa shape index (κ3) is 4.32. The van der Waals surface area contributed by atoms with E-state index in [-0.39, 0.29) is 0 Å². The first-order chi connectivity index (χ1) is 9.78. The van der Waals surface area contributed by atoms with Gasteiger partial charge < -0.3 is 10.1 Å². The van der Waals surface area contributed by atoms with Gasteiger partial charge in [-0.15, -0.1) is 0 Å². The highest BCUT2D eigenvalue weighted by atomic mass is 16.5. The van der Waals surface area contributed by atoms with E-state index >= 15 is 0 Å². The first kappa shape index (κ1) is 13.9. The third-order valence-electron chi connectivity index (χ3n) is 2.92. The van der Waals surface area contributed by atoms with Gasteiger partial charge in [-0.2, -0.15) is 0 Å². The van der Waals surface area contributed by atoms with E-state index < -0.39 is 0 Å². The molecule has 0 aromatic heterocycles. The molecule has 0 heterocycles. The van der Waals surface area contributed by atoms with Gasteiger partial charge in [0.15, 0.2) is 0 Å². The predicted molar refractivity (Wildman–Crippen MR) is 86.1 cm³/mol. The fourth-order valence-electron chi connectivity index (χ4n) is 1.76. The highest BCUT2D eigenvalue weighted by Gasteiger charge is 1.94. The Labute approximate surface area is 120 Å². The molecular formula is C18H19NO. The van der Waals surface area contributed by atoms with Crippen molar-refractivity contribution in [3.05, 3.63) is 78.4 Å². The van der Waals surface area contributed by atoms with Gasteiger partial charge in [0.1, 0.15) is 5.75 Å². The third-order valence-corrected chi connectivity index (χ3v) is 2.92. The summed E-state index contributed by atoms with van der Waals surface area (Å²) in [4.78, 5) is 0. The SMILES string of the molecule is C=C(C=Cc1ccccc1)CNc1ccc(OC)cc1. The normalized spacial score (nSPS) is 10.4. The molecule has 102 valence electrons. The summed E-state index contributed by atoms with van der Waals surface area (Å²) in [6, 6.07) is 18.1. The molecule has 0 atom stereocenters. The summed E-state index contributed by atoms with van der Waals surface area (Å²) < 4.78 is 5.13. The van der Waals surface area contributed by atoms with Crippen molar-refractivity contribution in [1.29, 1.82) is 0 Å². The van der Waals surface area contributed by atoms with Crippen LogP contribution in [0.4, 0.5) is 5.69 Å². The van der Waals surface area contributed by atoms with Gasteiger partial charge in [-0.3, -0.25) is 0 Å². The molecule has 0 spiro atoms. The molecule has 0 fully saturated rings. The Morgan fingerprint density at radius 3 is 2.45 bits per heavy atom. The summed E-state index contributed by atoms with van der Waals surface area (Å²) in [6.07, 6.45) is 4.10. The maximum absolute atomic E-state index is 5.13. The Balaban J connectivity index is 1.84. The molecule has 0 saturated heterocycles. The number of benzene rings is 2. The lowest BCUT2D eigenvalue weighted by molar-refractivity contribution is 0.415. The smallest absolute Gasteiger partial charge is 0.119 e. The highest BCUT2D eigenvalue weighted by Crippen LogP contribution is 2.15. The zero-order valence-corrected chi connectivity index (χ0v) is 11.7. The van der Waals surface area contributed by atoms with E-state index in [0.717, 1.165) is 23.6 Å². The van der Waals surface area contributed by atoms with E-state index in [1.165, 1.54) is 5.56 Å². The summed E-state index contributed by atoms with van der Waals surface area (Å²) in [5.41, 5.74) is 3.27. The number of nitrogens with one attached hydrogen (secondary N) is 1. The molecule has 0 aliphatic carbocycles. The number of rotatable bonds is 6. The van der Waals surface area contributed by atoms with Crippen molar-refractivity contribution in [3.8, 4) is 5.75 Å². The van der Waals surface area contributed by atoms with Crippen LogP contribution >= 0.6 is 0 Å². The zero-order chi connectivity index (χ0) is 14.2. The van der Waals surface area contributed by atoms with Gasteiger partial charge in [0, 0.05) is 12.2 Å². The molecule has 2 rings (SSSR count). The Morgan fingerprint density at radius 1 is 1.10 bits per heavy atom. The van der Waals surface area contributed by atoms with Crippen molar-refractivity contribution in [2.75, 3.05) is 19.0 Å². The Hall–Kier alpha value is -2.48. The fourth-order valence-corrected chi connectivity index (χ4v) is 1.76. The van der Waals surface area contributed by atoms with Crippen LogP contribution in [0, 0.1) is 0 Å². The van der Waals surface area contributed by atoms with E-state index in [1.807, 2.05) is 48.5 Å². The minimum atomic E-state index is 0.718. The summed E-state index contributed by atoms with van der Waals surface area (Å²) in [5, 5.41) is 3.33. The number of ether oxygens (including phenoxy) is 1. The molecule has 0 amide bonds. The van der Waals surface area contributed by atoms with Gasteiger partial charge in [-0.1, -0.05) is 49.1 Å². The van der Waals surface area contributed by atoms with Crippen molar-refractivity contribution < 1.29 is 4.74 Å². The molecule has 0 bridgehead atoms. The fraction of sp³-hybridized carbons (Fsp3) is 0.111. The van der Waals surface area contributed by atoms with E-state index in [2.05, 4.69) is 30.1 Å². The molecule has 1 N–H and O–H groups in total. The van der Waals surface area contributed by atoms with Gasteiger partial charge >= 0.3 is 0 Å². The molecule has 2 aromatic rings. The summed E-state index contributed by atoms with van der Waals surface area (Å²) >= 11 is 0. The molecule has 2 aromatic carbocycles. The van der Waals surface area contributed by atoms with E-state index in [9.17, 15) is 0 Å². The van der Waals surface area contributed by atoms with Crippen LogP contribution in [0.15, 0.2) is 72.8 Å². The highest BCUT2D eigenvalue weighted by molar-refractivity contribution is 5.54. The zero-order valence-electron chi connectivity index (χ0n) is 11.7. The van der Waals surface area contributed by atoms with Gasteiger partial charge in [-0.05, 0) is 35.4 Å². The molecule has 20 heavy (non-hydrogen) atoms. The van der Waals surface area contributed by atoms with Gasteiger partial charge in [0.05, 0.1) is 7.11 Å². The number of anilines is 1. The second-order valence-corrected chi connectivity index (χ2v) is 4.48. The van der Waals surface area contributed by atoms with Crippen LogP contribution in [0.3, 0.4) is 0 Å². The number of methoxy groups -OCH3 is 1. The first-order valence-electron chi connectivity index (χ1n) is 6.57. The Bertz CT molecular complexity index is 570. The Kier molecular flexibility index (Phi) is 5.01. The lowest BCUT2D eigenvalue weighted by Gasteiger charge is -2.07. The van der Waals surface area contributed by atoms with E-state index in [4.69, 9.17) is 4.74 Å². The quantitative estimate of drug-likeness (QED) is 0.783. The van der Waals surface area contributed by atoms with Crippen LogP contribution < -0.4 is 10.1 Å². The topological polar surface area (TPSA) is 21.3 Å². The monoisotopic (exact) mass is 265 g/mol. The average Bonchev–Trinajstić information content (AvgIpc) is 2.52. The van der Waals surface area contributed by atoms with Crippen LogP contribution in [-0.4, -0.2) is 13.7 Å². The van der Waals surface area contributed by atoms with Crippen molar-refractivity contribution in [1.82, 2.24) is 0 Å². The van der Waals surface area contributed by atoms with Crippen molar-refractivity contribution in [2.45, 2.75) is 0 Å². The van der Waals surface area contributed by atoms with Crippen molar-refractivity contribution >= 4 is 11.8 Å². The second-order valence-electron chi connectivity index (χ2n) is 4.48. The molecule has 0 aliphatic rings. The molecule has 0 saturated carbocycles. The van der Waals surface area contributed by atoms with Gasteiger partial charge in [-0.25, -0.2) is 0 Å². The maximum atomic E-state index is 5.13. The molecular weight excluding hydrogens is 246 g/mol. The number of hydrogen-bond acceptors (Lipinski definition) is 2. The van der Waals surface area contributed by atoms with E-state index in [0.29, 0.717) is 0 Å². The Morgan fingerprint density at radius 2 is 1.80 bits per heavy atom. The van der Waals surface area contributed by atoms with Crippen LogP contribution in [-0.2, 0) is 0 Å². The van der Waals surface area contributed by atoms with Crippen molar-refractivity contribution in [2.24, 2.45) is 0 Å². The lowest BCUT2D eigenvalue weighted by atomic mass is 10.1. The lowest BCUT2D eigenvalue weighted by Crippen LogP contribution is -2.02. The summed E-state index contributed by atoms with van der Waals surface area (Å²) in [6.45, 7) is 4.76. The molecule has 2 nitrogen and oxygen atoms in total. The largest absolute Gasteiger partial charge is 0.497 e. The summed E-state index contributed by atoms with van der Waals surface area (Å²) in [5.74, 6) is 0.860. The van der Waals surface area contributed by atoms with Crippen molar-refractivity contribution in [3.63, 3.8) is 0 Å². The minimum absolute atomic E-state index is 0.718. The molecule has 2 heteroatoms. The second kappa shape index (κ2) is 7.19. The van der Waals surface area contributed by atoms with Crippen LogP contribution in [0.1, 0.15) is 5.56 Å². The molecule has 0 unspecified atom stereocenters. The van der Waals surface area contributed by atoms with Crippen LogP contribution in [0.5, 0.6) is 5.75 Å². The van der Waals surface area contributed by atoms with Gasteiger partial charge in [0.2, 0.25) is 0 Å². The van der Waals surface area contributed by atoms with E-state index in [1.54, 1.807) is 7.11 Å². The van der Waals surface area contributed by atoms with Gasteiger partial charge in [0.25, 0.3) is 0 Å². The molecule has 0 radical (unpaired) electrons.